The normalized spacial score (nSPS) is 14.4. The molecule has 1 aromatic heterocycles. The van der Waals surface area contributed by atoms with Crippen LogP contribution in [0.3, 0.4) is 0 Å². The zero-order valence-electron chi connectivity index (χ0n) is 10.3. The Hall–Kier alpha value is -1.46. The number of nitrogens with zero attached hydrogens (tertiary/aromatic N) is 3. The molecule has 0 aliphatic rings. The van der Waals surface area contributed by atoms with Gasteiger partial charge in [0.15, 0.2) is 5.82 Å². The van der Waals surface area contributed by atoms with E-state index in [0.717, 1.165) is 17.5 Å². The van der Waals surface area contributed by atoms with Gasteiger partial charge in [-0.1, -0.05) is 31.0 Å². The third-order valence-corrected chi connectivity index (χ3v) is 3.13. The fourth-order valence-corrected chi connectivity index (χ4v) is 2.25. The summed E-state index contributed by atoms with van der Waals surface area (Å²) < 4.78 is 0. The Morgan fingerprint density at radius 3 is 2.83 bits per heavy atom. The highest BCUT2D eigenvalue weighted by atomic mass is 35.5. The Bertz CT molecular complexity index is 525. The third kappa shape index (κ3) is 2.52. The van der Waals surface area contributed by atoms with Gasteiger partial charge >= 0.3 is 0 Å². The van der Waals surface area contributed by atoms with E-state index in [4.69, 9.17) is 11.6 Å². The second kappa shape index (κ2) is 5.04. The minimum atomic E-state index is -0.929. The Morgan fingerprint density at radius 2 is 2.22 bits per heavy atom. The molecule has 0 aliphatic heterocycles. The molecule has 18 heavy (non-hydrogen) atoms. The molecule has 1 aromatic carbocycles. The van der Waals surface area contributed by atoms with Crippen LogP contribution in [0.2, 0.25) is 5.02 Å². The van der Waals surface area contributed by atoms with Crippen molar-refractivity contribution < 1.29 is 5.11 Å². The van der Waals surface area contributed by atoms with E-state index in [9.17, 15) is 5.11 Å². The maximum Gasteiger partial charge on any atom is 0.179 e. The smallest absolute Gasteiger partial charge is 0.179 e. The Kier molecular flexibility index (Phi) is 3.63. The minimum absolute atomic E-state index is 0.504. The predicted octanol–water partition coefficient (Wildman–Crippen LogP) is 2.53. The van der Waals surface area contributed by atoms with Crippen LogP contribution >= 0.6 is 11.6 Å². The number of tetrazole rings is 1. The van der Waals surface area contributed by atoms with Crippen molar-refractivity contribution in [3.63, 3.8) is 0 Å². The van der Waals surface area contributed by atoms with E-state index < -0.39 is 5.60 Å². The van der Waals surface area contributed by atoms with Gasteiger partial charge in [-0.3, -0.25) is 0 Å². The molecule has 1 atom stereocenters. The summed E-state index contributed by atoms with van der Waals surface area (Å²) in [4.78, 5) is 0. The summed E-state index contributed by atoms with van der Waals surface area (Å²) in [6.07, 6.45) is 1.53. The average molecular weight is 267 g/mol. The molecule has 2 N–H and O–H groups in total. The Balaban J connectivity index is 2.54. The number of aromatic nitrogens is 4. The van der Waals surface area contributed by atoms with Crippen molar-refractivity contribution in [2.24, 2.45) is 0 Å². The highest BCUT2D eigenvalue weighted by Crippen LogP contribution is 2.34. The van der Waals surface area contributed by atoms with Crippen LogP contribution in [0.25, 0.3) is 11.4 Å². The monoisotopic (exact) mass is 266 g/mol. The van der Waals surface area contributed by atoms with E-state index in [2.05, 4.69) is 20.6 Å². The van der Waals surface area contributed by atoms with Crippen LogP contribution < -0.4 is 0 Å². The SMILES string of the molecule is CCCC(C)(O)c1ccc(Cl)cc1-c1nnn[nH]1. The molecular weight excluding hydrogens is 252 g/mol. The molecule has 0 saturated heterocycles. The van der Waals surface area contributed by atoms with Crippen molar-refractivity contribution in [3.05, 3.63) is 28.8 Å². The molecule has 5 nitrogen and oxygen atoms in total. The molecule has 0 fully saturated rings. The highest BCUT2D eigenvalue weighted by molar-refractivity contribution is 6.30. The van der Waals surface area contributed by atoms with Crippen molar-refractivity contribution in [1.82, 2.24) is 20.6 Å². The molecule has 6 heteroatoms. The highest BCUT2D eigenvalue weighted by Gasteiger charge is 2.26. The van der Waals surface area contributed by atoms with Crippen LogP contribution in [0.4, 0.5) is 0 Å². The molecule has 0 spiro atoms. The number of aromatic amines is 1. The van der Waals surface area contributed by atoms with Gasteiger partial charge in [-0.05, 0) is 41.5 Å². The van der Waals surface area contributed by atoms with Gasteiger partial charge in [-0.2, -0.15) is 0 Å². The van der Waals surface area contributed by atoms with Crippen molar-refractivity contribution in [2.45, 2.75) is 32.3 Å². The van der Waals surface area contributed by atoms with Crippen LogP contribution in [0.5, 0.6) is 0 Å². The molecule has 1 heterocycles. The molecule has 2 aromatic rings. The van der Waals surface area contributed by atoms with Gasteiger partial charge in [-0.15, -0.1) is 5.10 Å². The molecule has 0 amide bonds. The summed E-state index contributed by atoms with van der Waals surface area (Å²) in [5.74, 6) is 0.504. The van der Waals surface area contributed by atoms with Gasteiger partial charge in [0.25, 0.3) is 0 Å². The van der Waals surface area contributed by atoms with Crippen molar-refractivity contribution in [2.75, 3.05) is 0 Å². The number of aliphatic hydroxyl groups is 1. The first-order valence-electron chi connectivity index (χ1n) is 5.81. The predicted molar refractivity (Wildman–Crippen MR) is 69.1 cm³/mol. The number of H-pyrrole nitrogens is 1. The lowest BCUT2D eigenvalue weighted by molar-refractivity contribution is 0.0475. The minimum Gasteiger partial charge on any atom is -0.385 e. The molecule has 0 aliphatic carbocycles. The van der Waals surface area contributed by atoms with Crippen LogP contribution in [0.15, 0.2) is 18.2 Å². The summed E-state index contributed by atoms with van der Waals surface area (Å²) in [6, 6.07) is 5.33. The molecule has 0 radical (unpaired) electrons. The average Bonchev–Trinajstić information content (AvgIpc) is 2.81. The number of hydrogen-bond donors (Lipinski definition) is 2. The lowest BCUT2D eigenvalue weighted by atomic mass is 9.87. The van der Waals surface area contributed by atoms with Gasteiger partial charge in [0, 0.05) is 10.6 Å². The second-order valence-electron chi connectivity index (χ2n) is 4.46. The largest absolute Gasteiger partial charge is 0.385 e. The summed E-state index contributed by atoms with van der Waals surface area (Å²) >= 11 is 6.00. The Morgan fingerprint density at radius 1 is 1.44 bits per heavy atom. The fourth-order valence-electron chi connectivity index (χ4n) is 2.08. The van der Waals surface area contributed by atoms with E-state index in [1.807, 2.05) is 13.0 Å². The molecule has 0 bridgehead atoms. The van der Waals surface area contributed by atoms with Crippen molar-refractivity contribution in [3.8, 4) is 11.4 Å². The lowest BCUT2D eigenvalue weighted by Gasteiger charge is -2.25. The first-order chi connectivity index (χ1) is 8.54. The molecule has 2 rings (SSSR count). The number of nitrogens with one attached hydrogen (secondary N) is 1. The lowest BCUT2D eigenvalue weighted by Crippen LogP contribution is -2.21. The molecule has 96 valence electrons. The number of rotatable bonds is 4. The van der Waals surface area contributed by atoms with E-state index in [1.54, 1.807) is 19.1 Å². The number of hydrogen-bond acceptors (Lipinski definition) is 4. The first-order valence-corrected chi connectivity index (χ1v) is 6.19. The summed E-state index contributed by atoms with van der Waals surface area (Å²) in [5.41, 5.74) is 0.569. The summed E-state index contributed by atoms with van der Waals surface area (Å²) in [6.45, 7) is 3.81. The van der Waals surface area contributed by atoms with Crippen LogP contribution in [-0.4, -0.2) is 25.7 Å². The van der Waals surface area contributed by atoms with Gasteiger partial charge in [0.05, 0.1) is 5.60 Å². The van der Waals surface area contributed by atoms with E-state index in [-0.39, 0.29) is 0 Å². The Labute approximate surface area is 110 Å². The van der Waals surface area contributed by atoms with Gasteiger partial charge in [-0.25, -0.2) is 5.10 Å². The van der Waals surface area contributed by atoms with E-state index in [1.165, 1.54) is 0 Å². The van der Waals surface area contributed by atoms with Gasteiger partial charge in [0.1, 0.15) is 0 Å². The van der Waals surface area contributed by atoms with Gasteiger partial charge in [0.2, 0.25) is 0 Å². The maximum absolute atomic E-state index is 10.5. The molecule has 0 saturated carbocycles. The summed E-state index contributed by atoms with van der Waals surface area (Å²) in [7, 11) is 0. The number of benzene rings is 1. The fraction of sp³-hybridized carbons (Fsp3) is 0.417. The van der Waals surface area contributed by atoms with Crippen LogP contribution in [0.1, 0.15) is 32.3 Å². The van der Waals surface area contributed by atoms with E-state index in [0.29, 0.717) is 17.3 Å². The third-order valence-electron chi connectivity index (χ3n) is 2.90. The van der Waals surface area contributed by atoms with E-state index >= 15 is 0 Å². The second-order valence-corrected chi connectivity index (χ2v) is 4.90. The molecular formula is C12H15ClN4O. The van der Waals surface area contributed by atoms with Crippen molar-refractivity contribution >= 4 is 11.6 Å². The molecule has 1 unspecified atom stereocenters. The topological polar surface area (TPSA) is 74.7 Å². The van der Waals surface area contributed by atoms with Crippen molar-refractivity contribution in [1.29, 1.82) is 0 Å². The first kappa shape index (κ1) is 13.0. The zero-order chi connectivity index (χ0) is 13.2. The standard InChI is InChI=1S/C12H15ClN4O/c1-3-6-12(2,18)10-5-4-8(13)7-9(10)11-14-16-17-15-11/h4-5,7,18H,3,6H2,1-2H3,(H,14,15,16,17). The van der Waals surface area contributed by atoms with Crippen LogP contribution in [0, 0.1) is 0 Å². The van der Waals surface area contributed by atoms with Crippen LogP contribution in [-0.2, 0) is 5.60 Å². The maximum atomic E-state index is 10.5. The number of halogens is 1. The summed E-state index contributed by atoms with van der Waals surface area (Å²) in [5, 5.41) is 24.8. The quantitative estimate of drug-likeness (QED) is 0.892. The zero-order valence-corrected chi connectivity index (χ0v) is 11.1. The van der Waals surface area contributed by atoms with Gasteiger partial charge < -0.3 is 5.11 Å².